The molecule has 1 spiro atoms. The molecule has 1 N–H and O–H groups in total. The van der Waals surface area contributed by atoms with Crippen molar-refractivity contribution in [3.63, 3.8) is 0 Å². The van der Waals surface area contributed by atoms with Crippen LogP contribution in [0.1, 0.15) is 58.1 Å². The first-order chi connectivity index (χ1) is 9.67. The van der Waals surface area contributed by atoms with Crippen LogP contribution in [0.25, 0.3) is 0 Å². The highest BCUT2D eigenvalue weighted by Gasteiger charge is 2.42. The third-order valence-electron chi connectivity index (χ3n) is 4.73. The molecule has 4 heteroatoms. The Labute approximate surface area is 121 Å². The zero-order chi connectivity index (χ0) is 14.0. The van der Waals surface area contributed by atoms with Gasteiger partial charge in [-0.15, -0.1) is 0 Å². The van der Waals surface area contributed by atoms with Gasteiger partial charge in [-0.25, -0.2) is 0 Å². The summed E-state index contributed by atoms with van der Waals surface area (Å²) in [5, 5.41) is 7.93. The van der Waals surface area contributed by atoms with Crippen molar-refractivity contribution in [3.05, 3.63) is 18.0 Å². The van der Waals surface area contributed by atoms with E-state index >= 15 is 0 Å². The molecule has 1 aliphatic carbocycles. The van der Waals surface area contributed by atoms with Crippen LogP contribution in [0, 0.1) is 0 Å². The lowest BCUT2D eigenvalue weighted by atomic mass is 9.98. The Balaban J connectivity index is 1.57. The fourth-order valence-corrected chi connectivity index (χ4v) is 3.59. The van der Waals surface area contributed by atoms with Crippen LogP contribution in [-0.4, -0.2) is 27.5 Å². The second-order valence-electron chi connectivity index (χ2n) is 6.71. The molecule has 1 saturated heterocycles. The van der Waals surface area contributed by atoms with Gasteiger partial charge < -0.3 is 10.1 Å². The van der Waals surface area contributed by atoms with E-state index in [1.165, 1.54) is 44.2 Å². The van der Waals surface area contributed by atoms with Crippen molar-refractivity contribution < 1.29 is 4.74 Å². The Morgan fingerprint density at radius 3 is 2.95 bits per heavy atom. The number of ether oxygens (including phenoxy) is 1. The van der Waals surface area contributed by atoms with Gasteiger partial charge in [-0.2, -0.15) is 5.10 Å². The van der Waals surface area contributed by atoms with E-state index in [0.29, 0.717) is 12.1 Å². The van der Waals surface area contributed by atoms with E-state index in [2.05, 4.69) is 35.0 Å². The van der Waals surface area contributed by atoms with Crippen molar-refractivity contribution in [1.29, 1.82) is 0 Å². The lowest BCUT2D eigenvalue weighted by Crippen LogP contribution is -2.28. The van der Waals surface area contributed by atoms with Gasteiger partial charge in [-0.1, -0.05) is 26.7 Å². The molecule has 112 valence electrons. The normalized spacial score (nSPS) is 25.1. The zero-order valence-corrected chi connectivity index (χ0v) is 12.8. The molecular formula is C16H27N3O. The minimum atomic E-state index is 0.230. The Bertz CT molecular complexity index is 435. The van der Waals surface area contributed by atoms with Crippen LogP contribution in [0.4, 0.5) is 0 Å². The number of rotatable bonds is 5. The summed E-state index contributed by atoms with van der Waals surface area (Å²) in [4.78, 5) is 0. The quantitative estimate of drug-likeness (QED) is 0.899. The molecule has 0 bridgehead atoms. The summed E-state index contributed by atoms with van der Waals surface area (Å²) in [5.41, 5.74) is 1.49. The second-order valence-corrected chi connectivity index (χ2v) is 6.71. The highest BCUT2D eigenvalue weighted by atomic mass is 16.5. The smallest absolute Gasteiger partial charge is 0.0779 e. The highest BCUT2D eigenvalue weighted by Crippen LogP contribution is 2.43. The summed E-state index contributed by atoms with van der Waals surface area (Å²) in [7, 11) is 0. The van der Waals surface area contributed by atoms with Gasteiger partial charge in [0.05, 0.1) is 23.9 Å². The van der Waals surface area contributed by atoms with E-state index < -0.39 is 0 Å². The molecule has 2 aliphatic rings. The van der Waals surface area contributed by atoms with Gasteiger partial charge in [0.2, 0.25) is 0 Å². The maximum atomic E-state index is 6.38. The van der Waals surface area contributed by atoms with Crippen molar-refractivity contribution in [2.24, 2.45) is 0 Å². The Morgan fingerprint density at radius 2 is 2.20 bits per heavy atom. The summed E-state index contributed by atoms with van der Waals surface area (Å²) >= 11 is 0. The fourth-order valence-electron chi connectivity index (χ4n) is 3.59. The molecule has 0 radical (unpaired) electrons. The maximum Gasteiger partial charge on any atom is 0.0779 e. The van der Waals surface area contributed by atoms with Gasteiger partial charge in [-0.3, -0.25) is 4.68 Å². The average molecular weight is 277 g/mol. The van der Waals surface area contributed by atoms with Crippen molar-refractivity contribution in [2.45, 2.75) is 83.2 Å². The monoisotopic (exact) mass is 277 g/mol. The number of nitrogens with one attached hydrogen (secondary N) is 1. The molecule has 2 heterocycles. The number of aromatic nitrogens is 2. The predicted molar refractivity (Wildman–Crippen MR) is 79.5 cm³/mol. The minimum absolute atomic E-state index is 0.230. The number of nitrogens with zero attached hydrogens (tertiary/aromatic N) is 2. The summed E-state index contributed by atoms with van der Waals surface area (Å²) < 4.78 is 8.50. The second kappa shape index (κ2) is 5.86. The SMILES string of the molecule is CC(C)NCc1ccnn1CC1CCC2(CCCC2)O1. The van der Waals surface area contributed by atoms with Gasteiger partial charge in [-0.05, 0) is 31.7 Å². The van der Waals surface area contributed by atoms with Crippen LogP contribution < -0.4 is 5.32 Å². The van der Waals surface area contributed by atoms with E-state index in [0.717, 1.165) is 13.1 Å². The number of hydrogen-bond donors (Lipinski definition) is 1. The average Bonchev–Trinajstić information content (AvgIpc) is 3.12. The largest absolute Gasteiger partial charge is 0.370 e. The molecule has 1 saturated carbocycles. The molecule has 1 aliphatic heterocycles. The molecule has 2 fully saturated rings. The number of hydrogen-bond acceptors (Lipinski definition) is 3. The van der Waals surface area contributed by atoms with Crippen LogP contribution in [0.15, 0.2) is 12.3 Å². The molecule has 1 aromatic rings. The highest BCUT2D eigenvalue weighted by molar-refractivity contribution is 5.01. The molecule has 20 heavy (non-hydrogen) atoms. The summed E-state index contributed by atoms with van der Waals surface area (Å²) in [6.07, 6.45) is 9.92. The van der Waals surface area contributed by atoms with Crippen molar-refractivity contribution in [1.82, 2.24) is 15.1 Å². The summed E-state index contributed by atoms with van der Waals surface area (Å²) in [5.74, 6) is 0. The van der Waals surface area contributed by atoms with Gasteiger partial charge >= 0.3 is 0 Å². The van der Waals surface area contributed by atoms with Gasteiger partial charge in [0, 0.05) is 18.8 Å². The topological polar surface area (TPSA) is 39.1 Å². The molecule has 1 aromatic heterocycles. The third kappa shape index (κ3) is 3.07. The first kappa shape index (κ1) is 14.1. The van der Waals surface area contributed by atoms with Crippen LogP contribution in [-0.2, 0) is 17.8 Å². The van der Waals surface area contributed by atoms with Crippen LogP contribution in [0.3, 0.4) is 0 Å². The van der Waals surface area contributed by atoms with Crippen LogP contribution >= 0.6 is 0 Å². The maximum absolute atomic E-state index is 6.38. The lowest BCUT2D eigenvalue weighted by Gasteiger charge is -2.24. The Morgan fingerprint density at radius 1 is 1.40 bits per heavy atom. The van der Waals surface area contributed by atoms with Gasteiger partial charge in [0.1, 0.15) is 0 Å². The first-order valence-corrected chi connectivity index (χ1v) is 8.09. The lowest BCUT2D eigenvalue weighted by molar-refractivity contribution is -0.0431. The molecule has 3 rings (SSSR count). The van der Waals surface area contributed by atoms with E-state index in [9.17, 15) is 0 Å². The molecular weight excluding hydrogens is 250 g/mol. The standard InChI is InChI=1S/C16H27N3O/c1-13(2)17-11-14-6-10-18-19(14)12-15-5-9-16(20-15)7-3-4-8-16/h6,10,13,15,17H,3-5,7-9,11-12H2,1-2H3. The summed E-state index contributed by atoms with van der Waals surface area (Å²) in [6, 6.07) is 2.61. The Hall–Kier alpha value is -0.870. The van der Waals surface area contributed by atoms with E-state index in [1.807, 2.05) is 6.20 Å². The van der Waals surface area contributed by atoms with E-state index in [-0.39, 0.29) is 5.60 Å². The van der Waals surface area contributed by atoms with Crippen molar-refractivity contribution in [3.8, 4) is 0 Å². The Kier molecular flexibility index (Phi) is 4.13. The van der Waals surface area contributed by atoms with Crippen LogP contribution in [0.2, 0.25) is 0 Å². The molecule has 0 amide bonds. The van der Waals surface area contributed by atoms with E-state index in [4.69, 9.17) is 4.74 Å². The van der Waals surface area contributed by atoms with Crippen LogP contribution in [0.5, 0.6) is 0 Å². The summed E-state index contributed by atoms with van der Waals surface area (Å²) in [6.45, 7) is 6.13. The fraction of sp³-hybridized carbons (Fsp3) is 0.812. The van der Waals surface area contributed by atoms with Crippen molar-refractivity contribution in [2.75, 3.05) is 0 Å². The molecule has 1 atom stereocenters. The molecule has 1 unspecified atom stereocenters. The minimum Gasteiger partial charge on any atom is -0.370 e. The molecule has 4 nitrogen and oxygen atoms in total. The molecule has 0 aromatic carbocycles. The van der Waals surface area contributed by atoms with Crippen molar-refractivity contribution >= 4 is 0 Å². The van der Waals surface area contributed by atoms with Gasteiger partial charge in [0.15, 0.2) is 0 Å². The third-order valence-corrected chi connectivity index (χ3v) is 4.73. The zero-order valence-electron chi connectivity index (χ0n) is 12.8. The van der Waals surface area contributed by atoms with Gasteiger partial charge in [0.25, 0.3) is 0 Å². The predicted octanol–water partition coefficient (Wildman–Crippen LogP) is 2.87. The van der Waals surface area contributed by atoms with E-state index in [1.54, 1.807) is 0 Å². The first-order valence-electron chi connectivity index (χ1n) is 8.09.